The van der Waals surface area contributed by atoms with Crippen LogP contribution in [0.3, 0.4) is 0 Å². The molecule has 0 aromatic heterocycles. The van der Waals surface area contributed by atoms with Crippen molar-refractivity contribution in [3.8, 4) is 5.75 Å². The summed E-state index contributed by atoms with van der Waals surface area (Å²) in [5, 5.41) is 9.34. The Hall–Kier alpha value is -1.90. The fourth-order valence-corrected chi connectivity index (χ4v) is 4.86. The lowest BCUT2D eigenvalue weighted by molar-refractivity contribution is -0.130. The largest absolute Gasteiger partial charge is 0.484 e. The second kappa shape index (κ2) is 9.08. The SMILES string of the molecule is O=C(COC1CCCCN1)N[C@H]1CC2(NC(=O)COc3ccc(Cl)c(F)c3)CC1C2. The Kier molecular flexibility index (Phi) is 6.46. The van der Waals surface area contributed by atoms with E-state index in [1.54, 1.807) is 0 Å². The third kappa shape index (κ3) is 5.04. The topological polar surface area (TPSA) is 88.7 Å². The molecule has 3 N–H and O–H groups in total. The van der Waals surface area contributed by atoms with Crippen molar-refractivity contribution in [3.05, 3.63) is 29.0 Å². The number of ether oxygens (including phenoxy) is 2. The van der Waals surface area contributed by atoms with Crippen LogP contribution in [0.1, 0.15) is 38.5 Å². The summed E-state index contributed by atoms with van der Waals surface area (Å²) in [5.74, 6) is -0.349. The lowest BCUT2D eigenvalue weighted by atomic mass is 9.76. The van der Waals surface area contributed by atoms with Gasteiger partial charge >= 0.3 is 0 Å². The first-order valence-corrected chi connectivity index (χ1v) is 10.8. The minimum Gasteiger partial charge on any atom is -0.484 e. The molecule has 1 aliphatic heterocycles. The van der Waals surface area contributed by atoms with Crippen molar-refractivity contribution >= 4 is 23.4 Å². The zero-order valence-electron chi connectivity index (χ0n) is 16.7. The van der Waals surface area contributed by atoms with Crippen molar-refractivity contribution < 1.29 is 23.5 Å². The maximum atomic E-state index is 13.4. The Balaban J connectivity index is 1.18. The van der Waals surface area contributed by atoms with E-state index < -0.39 is 5.82 Å². The second-order valence-electron chi connectivity index (χ2n) is 8.49. The van der Waals surface area contributed by atoms with E-state index in [0.29, 0.717) is 12.3 Å². The van der Waals surface area contributed by atoms with E-state index in [1.165, 1.54) is 12.1 Å². The Morgan fingerprint density at radius 1 is 1.20 bits per heavy atom. The molecule has 1 heterocycles. The van der Waals surface area contributed by atoms with Crippen molar-refractivity contribution in [3.63, 3.8) is 0 Å². The molecule has 4 fully saturated rings. The predicted molar refractivity (Wildman–Crippen MR) is 109 cm³/mol. The van der Waals surface area contributed by atoms with Crippen LogP contribution in [0, 0.1) is 11.7 Å². The van der Waals surface area contributed by atoms with E-state index in [0.717, 1.165) is 44.7 Å². The highest BCUT2D eigenvalue weighted by Crippen LogP contribution is 2.51. The molecule has 1 aromatic carbocycles. The van der Waals surface area contributed by atoms with E-state index >= 15 is 0 Å². The standard InChI is InChI=1S/C21H27ClFN3O4/c22-15-5-4-14(7-16(15)23)29-12-19(28)26-21-8-13(9-21)17(10-21)25-18(27)11-30-20-3-1-2-6-24-20/h4-5,7,13,17,20,24H,1-3,6,8-12H2,(H,25,27)(H,26,28)/t13?,17-,20?,21?/m0/s1. The van der Waals surface area contributed by atoms with Gasteiger partial charge in [0.1, 0.15) is 24.4 Å². The smallest absolute Gasteiger partial charge is 0.258 e. The molecule has 4 aliphatic rings. The number of piperidine rings is 1. The quantitative estimate of drug-likeness (QED) is 0.577. The fraction of sp³-hybridized carbons (Fsp3) is 0.619. The Labute approximate surface area is 180 Å². The van der Waals surface area contributed by atoms with Gasteiger partial charge in [-0.1, -0.05) is 11.6 Å². The monoisotopic (exact) mass is 439 g/mol. The molecule has 5 rings (SSSR count). The van der Waals surface area contributed by atoms with Gasteiger partial charge in [-0.3, -0.25) is 14.9 Å². The average Bonchev–Trinajstić information content (AvgIpc) is 3.21. The van der Waals surface area contributed by atoms with Crippen LogP contribution in [-0.4, -0.2) is 49.4 Å². The first kappa shape index (κ1) is 21.3. The molecule has 2 bridgehead atoms. The summed E-state index contributed by atoms with van der Waals surface area (Å²) in [5.41, 5.74) is -0.292. The van der Waals surface area contributed by atoms with Gasteiger partial charge in [-0.15, -0.1) is 0 Å². The summed E-state index contributed by atoms with van der Waals surface area (Å²) in [7, 11) is 0. The van der Waals surface area contributed by atoms with Crippen LogP contribution in [0.15, 0.2) is 18.2 Å². The van der Waals surface area contributed by atoms with Gasteiger partial charge in [0.05, 0.1) is 5.02 Å². The summed E-state index contributed by atoms with van der Waals surface area (Å²) in [4.78, 5) is 24.5. The maximum Gasteiger partial charge on any atom is 0.258 e. The van der Waals surface area contributed by atoms with Gasteiger partial charge in [0, 0.05) is 17.6 Å². The first-order valence-electron chi connectivity index (χ1n) is 10.5. The molecule has 9 heteroatoms. The van der Waals surface area contributed by atoms with Gasteiger partial charge in [-0.25, -0.2) is 4.39 Å². The van der Waals surface area contributed by atoms with Crippen LogP contribution in [0.4, 0.5) is 4.39 Å². The number of nitrogens with one attached hydrogen (secondary N) is 3. The van der Waals surface area contributed by atoms with Crippen molar-refractivity contribution in [2.45, 2.75) is 56.3 Å². The molecule has 3 aliphatic carbocycles. The van der Waals surface area contributed by atoms with Crippen LogP contribution in [-0.2, 0) is 14.3 Å². The summed E-state index contributed by atoms with van der Waals surface area (Å²) in [6, 6.07) is 4.10. The van der Waals surface area contributed by atoms with Crippen molar-refractivity contribution in [1.29, 1.82) is 0 Å². The Bertz CT molecular complexity index is 796. The predicted octanol–water partition coefficient (Wildman–Crippen LogP) is 2.13. The average molecular weight is 440 g/mol. The molecule has 0 spiro atoms. The lowest BCUT2D eigenvalue weighted by Gasteiger charge is -2.39. The maximum absolute atomic E-state index is 13.4. The summed E-state index contributed by atoms with van der Waals surface area (Å²) < 4.78 is 24.4. The van der Waals surface area contributed by atoms with E-state index in [1.807, 2.05) is 0 Å². The number of hydrogen-bond acceptors (Lipinski definition) is 5. The Morgan fingerprint density at radius 3 is 2.77 bits per heavy atom. The highest BCUT2D eigenvalue weighted by atomic mass is 35.5. The number of hydrogen-bond donors (Lipinski definition) is 3. The molecule has 0 radical (unpaired) electrons. The third-order valence-electron chi connectivity index (χ3n) is 6.18. The lowest BCUT2D eigenvalue weighted by Crippen LogP contribution is -2.53. The summed E-state index contributed by atoms with van der Waals surface area (Å²) in [6.45, 7) is 0.772. The first-order chi connectivity index (χ1) is 14.4. The van der Waals surface area contributed by atoms with Gasteiger partial charge in [-0.05, 0) is 63.1 Å². The van der Waals surface area contributed by atoms with Gasteiger partial charge in [0.25, 0.3) is 5.91 Å². The van der Waals surface area contributed by atoms with Crippen LogP contribution in [0.2, 0.25) is 5.02 Å². The minimum absolute atomic E-state index is 0.00523. The number of rotatable bonds is 8. The zero-order valence-corrected chi connectivity index (χ0v) is 17.5. The molecule has 30 heavy (non-hydrogen) atoms. The second-order valence-corrected chi connectivity index (χ2v) is 8.90. The molecule has 2 amide bonds. The highest BCUT2D eigenvalue weighted by molar-refractivity contribution is 6.30. The number of carbonyl (C=O) groups is 2. The number of fused-ring (bicyclic) bond motifs is 1. The third-order valence-corrected chi connectivity index (χ3v) is 6.48. The van der Waals surface area contributed by atoms with Gasteiger partial charge < -0.3 is 20.1 Å². The van der Waals surface area contributed by atoms with E-state index in [4.69, 9.17) is 21.1 Å². The molecular formula is C21H27ClFN3O4. The van der Waals surface area contributed by atoms with Gasteiger partial charge in [0.2, 0.25) is 5.91 Å². The molecule has 1 unspecified atom stereocenters. The van der Waals surface area contributed by atoms with Gasteiger partial charge in [-0.2, -0.15) is 0 Å². The van der Waals surface area contributed by atoms with Crippen LogP contribution >= 0.6 is 11.6 Å². The van der Waals surface area contributed by atoms with E-state index in [9.17, 15) is 14.0 Å². The van der Waals surface area contributed by atoms with E-state index in [2.05, 4.69) is 16.0 Å². The van der Waals surface area contributed by atoms with Gasteiger partial charge in [0.15, 0.2) is 6.61 Å². The molecule has 3 saturated carbocycles. The van der Waals surface area contributed by atoms with Crippen LogP contribution in [0.25, 0.3) is 0 Å². The number of benzene rings is 1. The van der Waals surface area contributed by atoms with Crippen molar-refractivity contribution in [2.75, 3.05) is 19.8 Å². The molecule has 164 valence electrons. The Morgan fingerprint density at radius 2 is 2.03 bits per heavy atom. The number of carbonyl (C=O) groups excluding carboxylic acids is 2. The fourth-order valence-electron chi connectivity index (χ4n) is 4.74. The highest BCUT2D eigenvalue weighted by Gasteiger charge is 2.57. The van der Waals surface area contributed by atoms with Crippen LogP contribution in [0.5, 0.6) is 5.75 Å². The van der Waals surface area contributed by atoms with Crippen molar-refractivity contribution in [1.82, 2.24) is 16.0 Å². The minimum atomic E-state index is -0.590. The molecule has 7 nitrogen and oxygen atoms in total. The normalized spacial score (nSPS) is 29.7. The molecule has 1 aromatic rings. The summed E-state index contributed by atoms with van der Waals surface area (Å²) >= 11 is 5.64. The number of halogens is 2. The van der Waals surface area contributed by atoms with Crippen molar-refractivity contribution in [2.24, 2.45) is 5.92 Å². The molecular weight excluding hydrogens is 413 g/mol. The van der Waals surface area contributed by atoms with Crippen LogP contribution < -0.4 is 20.7 Å². The number of amides is 2. The summed E-state index contributed by atoms with van der Waals surface area (Å²) in [6.07, 6.45) is 5.52. The van der Waals surface area contributed by atoms with E-state index in [-0.39, 0.29) is 53.6 Å². The zero-order chi connectivity index (χ0) is 21.1. The molecule has 2 atom stereocenters. The molecule has 1 saturated heterocycles.